The Hall–Kier alpha value is -2.27. The van der Waals surface area contributed by atoms with Gasteiger partial charge in [0.1, 0.15) is 5.82 Å². The Bertz CT molecular complexity index is 684. The first kappa shape index (κ1) is 15.6. The van der Waals surface area contributed by atoms with Gasteiger partial charge in [0.05, 0.1) is 0 Å². The number of aryl methyl sites for hydroxylation is 1. The number of piperazine rings is 1. The second kappa shape index (κ2) is 6.87. The maximum Gasteiger partial charge on any atom is 0.321 e. The van der Waals surface area contributed by atoms with Gasteiger partial charge in [0.15, 0.2) is 0 Å². The Kier molecular flexibility index (Phi) is 4.67. The van der Waals surface area contributed by atoms with Crippen molar-refractivity contribution in [2.45, 2.75) is 6.92 Å². The third-order valence-electron chi connectivity index (χ3n) is 3.96. The SMILES string of the molecule is Cc1ccc(NC(=O)N2CCN(c3ccccn3)CC2)cc1Cl. The van der Waals surface area contributed by atoms with Crippen molar-refractivity contribution in [1.29, 1.82) is 0 Å². The van der Waals surface area contributed by atoms with Crippen LogP contribution >= 0.6 is 11.6 Å². The van der Waals surface area contributed by atoms with E-state index in [1.807, 2.05) is 42.2 Å². The largest absolute Gasteiger partial charge is 0.353 e. The first-order valence-electron chi connectivity index (χ1n) is 7.61. The number of amides is 2. The fourth-order valence-corrected chi connectivity index (χ4v) is 2.73. The molecule has 0 unspecified atom stereocenters. The molecule has 6 heteroatoms. The third kappa shape index (κ3) is 3.74. The molecular formula is C17H19ClN4O. The first-order valence-corrected chi connectivity index (χ1v) is 7.99. The van der Waals surface area contributed by atoms with Gasteiger partial charge in [-0.25, -0.2) is 9.78 Å². The summed E-state index contributed by atoms with van der Waals surface area (Å²) in [6, 6.07) is 11.3. The van der Waals surface area contributed by atoms with Gasteiger partial charge in [-0.1, -0.05) is 23.7 Å². The van der Waals surface area contributed by atoms with Crippen molar-refractivity contribution in [3.63, 3.8) is 0 Å². The van der Waals surface area contributed by atoms with Crippen LogP contribution in [-0.2, 0) is 0 Å². The van der Waals surface area contributed by atoms with E-state index in [-0.39, 0.29) is 6.03 Å². The van der Waals surface area contributed by atoms with Gasteiger partial charge in [0.25, 0.3) is 0 Å². The van der Waals surface area contributed by atoms with Crippen molar-refractivity contribution < 1.29 is 4.79 Å². The number of carbonyl (C=O) groups is 1. The topological polar surface area (TPSA) is 48.5 Å². The highest BCUT2D eigenvalue weighted by Gasteiger charge is 2.21. The van der Waals surface area contributed by atoms with Crippen LogP contribution in [-0.4, -0.2) is 42.1 Å². The predicted molar refractivity (Wildman–Crippen MR) is 93.2 cm³/mol. The van der Waals surface area contributed by atoms with Crippen LogP contribution in [0.1, 0.15) is 5.56 Å². The smallest absolute Gasteiger partial charge is 0.321 e. The highest BCUT2D eigenvalue weighted by Crippen LogP contribution is 2.20. The van der Waals surface area contributed by atoms with Crippen LogP contribution in [0.4, 0.5) is 16.3 Å². The Morgan fingerprint density at radius 1 is 1.17 bits per heavy atom. The van der Waals surface area contributed by atoms with Crippen LogP contribution < -0.4 is 10.2 Å². The minimum absolute atomic E-state index is 0.0920. The van der Waals surface area contributed by atoms with Crippen molar-refractivity contribution in [2.24, 2.45) is 0 Å². The summed E-state index contributed by atoms with van der Waals surface area (Å²) in [5.41, 5.74) is 1.71. The van der Waals surface area contributed by atoms with Crippen molar-refractivity contribution >= 4 is 29.1 Å². The zero-order chi connectivity index (χ0) is 16.2. The number of pyridine rings is 1. The van der Waals surface area contributed by atoms with Gasteiger partial charge in [0.2, 0.25) is 0 Å². The predicted octanol–water partition coefficient (Wildman–Crippen LogP) is 3.40. The fraction of sp³-hybridized carbons (Fsp3) is 0.294. The molecule has 1 aromatic heterocycles. The number of nitrogens with one attached hydrogen (secondary N) is 1. The van der Waals surface area contributed by atoms with Crippen molar-refractivity contribution in [3.8, 4) is 0 Å². The molecule has 1 aliphatic heterocycles. The van der Waals surface area contributed by atoms with Gasteiger partial charge in [0, 0.05) is 43.1 Å². The lowest BCUT2D eigenvalue weighted by Crippen LogP contribution is -2.50. The molecule has 0 atom stereocenters. The number of hydrogen-bond acceptors (Lipinski definition) is 3. The Morgan fingerprint density at radius 3 is 2.61 bits per heavy atom. The van der Waals surface area contributed by atoms with Gasteiger partial charge < -0.3 is 15.1 Å². The summed E-state index contributed by atoms with van der Waals surface area (Å²) in [6.07, 6.45) is 1.79. The van der Waals surface area contributed by atoms with Gasteiger partial charge in [-0.05, 0) is 36.8 Å². The molecule has 1 aromatic carbocycles. The van der Waals surface area contributed by atoms with E-state index in [2.05, 4.69) is 15.2 Å². The second-order valence-electron chi connectivity index (χ2n) is 5.56. The molecule has 2 aromatic rings. The number of benzene rings is 1. The number of nitrogens with zero attached hydrogens (tertiary/aromatic N) is 3. The number of anilines is 2. The first-order chi connectivity index (χ1) is 11.1. The molecule has 1 saturated heterocycles. The summed E-state index contributed by atoms with van der Waals surface area (Å²) in [5.74, 6) is 0.956. The van der Waals surface area contributed by atoms with Crippen LogP contribution in [0.5, 0.6) is 0 Å². The lowest BCUT2D eigenvalue weighted by Gasteiger charge is -2.35. The Labute approximate surface area is 140 Å². The average Bonchev–Trinajstić information content (AvgIpc) is 2.59. The normalized spacial score (nSPS) is 14.7. The number of carbonyl (C=O) groups excluding carboxylic acids is 1. The molecule has 1 aliphatic rings. The molecule has 3 rings (SSSR count). The maximum atomic E-state index is 12.3. The van der Waals surface area contributed by atoms with E-state index < -0.39 is 0 Å². The minimum atomic E-state index is -0.0920. The van der Waals surface area contributed by atoms with E-state index in [4.69, 9.17) is 11.6 Å². The summed E-state index contributed by atoms with van der Waals surface area (Å²) in [4.78, 5) is 20.7. The van der Waals surface area contributed by atoms with Crippen molar-refractivity contribution in [1.82, 2.24) is 9.88 Å². The van der Waals surface area contributed by atoms with Gasteiger partial charge in [-0.3, -0.25) is 0 Å². The molecule has 5 nitrogen and oxygen atoms in total. The summed E-state index contributed by atoms with van der Waals surface area (Å²) < 4.78 is 0. The number of hydrogen-bond donors (Lipinski definition) is 1. The highest BCUT2D eigenvalue weighted by molar-refractivity contribution is 6.31. The molecule has 1 N–H and O–H groups in total. The summed E-state index contributed by atoms with van der Waals surface area (Å²) in [7, 11) is 0. The molecule has 120 valence electrons. The molecule has 0 radical (unpaired) electrons. The van der Waals surface area contributed by atoms with Gasteiger partial charge in [-0.15, -0.1) is 0 Å². The standard InChI is InChI=1S/C17H19ClN4O/c1-13-5-6-14(12-15(13)18)20-17(23)22-10-8-21(9-11-22)16-4-2-3-7-19-16/h2-7,12H,8-11H2,1H3,(H,20,23). The molecule has 0 bridgehead atoms. The quantitative estimate of drug-likeness (QED) is 0.918. The van der Waals surface area contributed by atoms with E-state index in [1.54, 1.807) is 12.3 Å². The van der Waals surface area contributed by atoms with E-state index in [0.29, 0.717) is 18.1 Å². The number of halogens is 1. The summed E-state index contributed by atoms with van der Waals surface area (Å²) >= 11 is 6.09. The van der Waals surface area contributed by atoms with E-state index in [9.17, 15) is 4.79 Å². The van der Waals surface area contributed by atoms with Crippen LogP contribution in [0.3, 0.4) is 0 Å². The second-order valence-corrected chi connectivity index (χ2v) is 5.96. The summed E-state index contributed by atoms with van der Waals surface area (Å²) in [5, 5.41) is 3.56. The molecular weight excluding hydrogens is 312 g/mol. The number of urea groups is 1. The molecule has 0 saturated carbocycles. The van der Waals surface area contributed by atoms with Crippen LogP contribution in [0, 0.1) is 6.92 Å². The van der Waals surface area contributed by atoms with E-state index >= 15 is 0 Å². The van der Waals surface area contributed by atoms with Gasteiger partial charge >= 0.3 is 6.03 Å². The minimum Gasteiger partial charge on any atom is -0.353 e. The highest BCUT2D eigenvalue weighted by atomic mass is 35.5. The molecule has 0 spiro atoms. The van der Waals surface area contributed by atoms with Crippen LogP contribution in [0.15, 0.2) is 42.6 Å². The molecule has 2 heterocycles. The zero-order valence-corrected chi connectivity index (χ0v) is 13.8. The zero-order valence-electron chi connectivity index (χ0n) is 13.0. The summed E-state index contributed by atoms with van der Waals surface area (Å²) in [6.45, 7) is 4.83. The monoisotopic (exact) mass is 330 g/mol. The molecule has 2 amide bonds. The number of aromatic nitrogens is 1. The van der Waals surface area contributed by atoms with Crippen molar-refractivity contribution in [2.75, 3.05) is 36.4 Å². The maximum absolute atomic E-state index is 12.3. The Morgan fingerprint density at radius 2 is 1.96 bits per heavy atom. The number of rotatable bonds is 2. The van der Waals surface area contributed by atoms with E-state index in [0.717, 1.165) is 30.2 Å². The van der Waals surface area contributed by atoms with Crippen LogP contribution in [0.25, 0.3) is 0 Å². The average molecular weight is 331 g/mol. The fourth-order valence-electron chi connectivity index (χ4n) is 2.55. The molecule has 0 aliphatic carbocycles. The third-order valence-corrected chi connectivity index (χ3v) is 4.37. The molecule has 1 fully saturated rings. The van der Waals surface area contributed by atoms with Crippen LogP contribution in [0.2, 0.25) is 5.02 Å². The van der Waals surface area contributed by atoms with Crippen molar-refractivity contribution in [3.05, 3.63) is 53.2 Å². The molecule has 23 heavy (non-hydrogen) atoms. The lowest BCUT2D eigenvalue weighted by atomic mass is 10.2. The van der Waals surface area contributed by atoms with Gasteiger partial charge in [-0.2, -0.15) is 0 Å². The lowest BCUT2D eigenvalue weighted by molar-refractivity contribution is 0.208. The van der Waals surface area contributed by atoms with E-state index in [1.165, 1.54) is 0 Å². The Balaban J connectivity index is 1.57.